The summed E-state index contributed by atoms with van der Waals surface area (Å²) in [5.74, 6) is 3.02. The van der Waals surface area contributed by atoms with Crippen LogP contribution >= 0.6 is 11.3 Å². The Kier molecular flexibility index (Phi) is 2.81. The molecular weight excluding hydrogens is 258 g/mol. The SMILES string of the molecule is NCC1CCC(c2nn3c(C4CC4)nnc3s2)CC1. The first-order chi connectivity index (χ1) is 9.35. The van der Waals surface area contributed by atoms with Crippen LogP contribution in [-0.4, -0.2) is 26.4 Å². The highest BCUT2D eigenvalue weighted by Crippen LogP contribution is 2.41. The molecule has 0 bridgehead atoms. The first kappa shape index (κ1) is 11.8. The van der Waals surface area contributed by atoms with E-state index in [0.717, 1.165) is 23.2 Å². The number of nitrogens with zero attached hydrogens (tertiary/aromatic N) is 4. The largest absolute Gasteiger partial charge is 0.330 e. The molecule has 0 spiro atoms. The van der Waals surface area contributed by atoms with Crippen molar-refractivity contribution in [2.24, 2.45) is 11.7 Å². The van der Waals surface area contributed by atoms with Crippen LogP contribution in [0.25, 0.3) is 4.96 Å². The lowest BCUT2D eigenvalue weighted by Gasteiger charge is -2.25. The van der Waals surface area contributed by atoms with Crippen molar-refractivity contribution in [1.82, 2.24) is 19.8 Å². The van der Waals surface area contributed by atoms with Gasteiger partial charge in [0.15, 0.2) is 5.82 Å². The van der Waals surface area contributed by atoms with Crippen LogP contribution in [0, 0.1) is 5.92 Å². The summed E-state index contributed by atoms with van der Waals surface area (Å²) in [6.45, 7) is 0.837. The summed E-state index contributed by atoms with van der Waals surface area (Å²) in [5, 5.41) is 14.6. The number of hydrogen-bond donors (Lipinski definition) is 1. The molecule has 2 saturated carbocycles. The van der Waals surface area contributed by atoms with Gasteiger partial charge in [-0.2, -0.15) is 9.61 Å². The Hall–Kier alpha value is -1.01. The molecule has 102 valence electrons. The fourth-order valence-electron chi connectivity index (χ4n) is 3.05. The summed E-state index contributed by atoms with van der Waals surface area (Å²) in [5.41, 5.74) is 5.76. The molecule has 2 aliphatic carbocycles. The molecule has 19 heavy (non-hydrogen) atoms. The average Bonchev–Trinajstić information content (AvgIpc) is 3.08. The maximum atomic E-state index is 5.76. The van der Waals surface area contributed by atoms with E-state index in [4.69, 9.17) is 10.8 Å². The molecule has 0 amide bonds. The van der Waals surface area contributed by atoms with Crippen molar-refractivity contribution in [3.63, 3.8) is 0 Å². The van der Waals surface area contributed by atoms with E-state index in [9.17, 15) is 0 Å². The van der Waals surface area contributed by atoms with E-state index in [2.05, 4.69) is 10.2 Å². The van der Waals surface area contributed by atoms with E-state index >= 15 is 0 Å². The second-order valence-corrected chi connectivity index (χ2v) is 6.91. The summed E-state index contributed by atoms with van der Waals surface area (Å²) < 4.78 is 1.99. The van der Waals surface area contributed by atoms with Crippen LogP contribution in [-0.2, 0) is 0 Å². The van der Waals surface area contributed by atoms with Gasteiger partial charge in [0.2, 0.25) is 4.96 Å². The molecule has 6 heteroatoms. The molecule has 2 aromatic heterocycles. The normalized spacial score (nSPS) is 28.1. The van der Waals surface area contributed by atoms with Gasteiger partial charge in [-0.1, -0.05) is 11.3 Å². The third-order valence-electron chi connectivity index (χ3n) is 4.50. The van der Waals surface area contributed by atoms with Crippen LogP contribution in [0.15, 0.2) is 0 Å². The molecule has 2 aliphatic rings. The Bertz CT molecular complexity index is 577. The van der Waals surface area contributed by atoms with Gasteiger partial charge >= 0.3 is 0 Å². The smallest absolute Gasteiger partial charge is 0.234 e. The van der Waals surface area contributed by atoms with Gasteiger partial charge in [0.05, 0.1) is 0 Å². The number of aromatic nitrogens is 4. The second-order valence-electron chi connectivity index (χ2n) is 5.92. The third kappa shape index (κ3) is 2.07. The van der Waals surface area contributed by atoms with Crippen LogP contribution < -0.4 is 5.73 Å². The topological polar surface area (TPSA) is 69.1 Å². The van der Waals surface area contributed by atoms with E-state index in [1.807, 2.05) is 4.52 Å². The van der Waals surface area contributed by atoms with Gasteiger partial charge < -0.3 is 5.73 Å². The third-order valence-corrected chi connectivity index (χ3v) is 5.56. The number of nitrogens with two attached hydrogens (primary N) is 1. The number of fused-ring (bicyclic) bond motifs is 1. The first-order valence-corrected chi connectivity index (χ1v) is 8.09. The van der Waals surface area contributed by atoms with Gasteiger partial charge in [-0.15, -0.1) is 10.2 Å². The zero-order valence-corrected chi connectivity index (χ0v) is 11.8. The van der Waals surface area contributed by atoms with Crippen molar-refractivity contribution in [1.29, 1.82) is 0 Å². The maximum absolute atomic E-state index is 5.76. The first-order valence-electron chi connectivity index (χ1n) is 7.27. The van der Waals surface area contributed by atoms with E-state index in [1.165, 1.54) is 43.5 Å². The predicted molar refractivity (Wildman–Crippen MR) is 74.4 cm³/mol. The molecule has 0 aliphatic heterocycles. The maximum Gasteiger partial charge on any atom is 0.234 e. The average molecular weight is 277 g/mol. The van der Waals surface area contributed by atoms with Gasteiger partial charge in [0, 0.05) is 11.8 Å². The van der Waals surface area contributed by atoms with Crippen LogP contribution in [0.2, 0.25) is 0 Å². The van der Waals surface area contributed by atoms with Crippen LogP contribution in [0.4, 0.5) is 0 Å². The molecule has 0 unspecified atom stereocenters. The Balaban J connectivity index is 1.58. The summed E-state index contributed by atoms with van der Waals surface area (Å²) in [7, 11) is 0. The minimum atomic E-state index is 0.609. The Labute approximate surface area is 116 Å². The summed E-state index contributed by atoms with van der Waals surface area (Å²) in [4.78, 5) is 0.970. The zero-order chi connectivity index (χ0) is 12.8. The van der Waals surface area contributed by atoms with E-state index < -0.39 is 0 Å². The zero-order valence-electron chi connectivity index (χ0n) is 11.0. The lowest BCUT2D eigenvalue weighted by atomic mass is 9.82. The summed E-state index contributed by atoms with van der Waals surface area (Å²) in [6, 6.07) is 0. The molecule has 0 radical (unpaired) electrons. The van der Waals surface area contributed by atoms with Crippen LogP contribution in [0.1, 0.15) is 61.2 Å². The fraction of sp³-hybridized carbons (Fsp3) is 0.769. The highest BCUT2D eigenvalue weighted by Gasteiger charge is 2.31. The molecule has 0 aromatic carbocycles. The standard InChI is InChI=1S/C13H19N5S/c14-7-8-1-3-10(4-2-8)12-17-18-11(9-5-6-9)15-16-13(18)19-12/h8-10H,1-7,14H2. The van der Waals surface area contributed by atoms with Crippen molar-refractivity contribution in [2.75, 3.05) is 6.54 Å². The number of hydrogen-bond acceptors (Lipinski definition) is 5. The van der Waals surface area contributed by atoms with E-state index in [-0.39, 0.29) is 0 Å². The second kappa shape index (κ2) is 4.52. The highest BCUT2D eigenvalue weighted by atomic mass is 32.1. The predicted octanol–water partition coefficient (Wildman–Crippen LogP) is 2.30. The van der Waals surface area contributed by atoms with E-state index in [1.54, 1.807) is 11.3 Å². The molecule has 2 heterocycles. The van der Waals surface area contributed by atoms with Gasteiger partial charge in [-0.25, -0.2) is 0 Å². The highest BCUT2D eigenvalue weighted by molar-refractivity contribution is 7.16. The molecule has 0 saturated heterocycles. The van der Waals surface area contributed by atoms with Gasteiger partial charge in [-0.3, -0.25) is 0 Å². The Morgan fingerprint density at radius 3 is 2.47 bits per heavy atom. The molecule has 2 aromatic rings. The van der Waals surface area contributed by atoms with Crippen molar-refractivity contribution >= 4 is 16.3 Å². The minimum absolute atomic E-state index is 0.609. The van der Waals surface area contributed by atoms with Crippen molar-refractivity contribution in [2.45, 2.75) is 50.4 Å². The van der Waals surface area contributed by atoms with Crippen molar-refractivity contribution in [3.05, 3.63) is 10.8 Å². The Morgan fingerprint density at radius 1 is 1.05 bits per heavy atom. The monoisotopic (exact) mass is 277 g/mol. The van der Waals surface area contributed by atoms with E-state index in [0.29, 0.717) is 11.8 Å². The summed E-state index contributed by atoms with van der Waals surface area (Å²) in [6.07, 6.45) is 7.44. The molecular formula is C13H19N5S. The Morgan fingerprint density at radius 2 is 1.79 bits per heavy atom. The van der Waals surface area contributed by atoms with Gasteiger partial charge in [0.25, 0.3) is 0 Å². The van der Waals surface area contributed by atoms with Crippen LogP contribution in [0.5, 0.6) is 0 Å². The lowest BCUT2D eigenvalue weighted by Crippen LogP contribution is -2.20. The summed E-state index contributed by atoms with van der Waals surface area (Å²) >= 11 is 1.73. The molecule has 4 rings (SSSR count). The van der Waals surface area contributed by atoms with Crippen molar-refractivity contribution in [3.8, 4) is 0 Å². The van der Waals surface area contributed by atoms with Crippen molar-refractivity contribution < 1.29 is 0 Å². The molecule has 2 N–H and O–H groups in total. The van der Waals surface area contributed by atoms with Gasteiger partial charge in [-0.05, 0) is 51.0 Å². The minimum Gasteiger partial charge on any atom is -0.330 e. The van der Waals surface area contributed by atoms with Gasteiger partial charge in [0.1, 0.15) is 5.01 Å². The van der Waals surface area contributed by atoms with Crippen LogP contribution in [0.3, 0.4) is 0 Å². The quantitative estimate of drug-likeness (QED) is 0.934. The fourth-order valence-corrected chi connectivity index (χ4v) is 4.07. The number of rotatable bonds is 3. The molecule has 0 atom stereocenters. The lowest BCUT2D eigenvalue weighted by molar-refractivity contribution is 0.331. The molecule has 5 nitrogen and oxygen atoms in total. The molecule has 2 fully saturated rings.